The largest absolute Gasteiger partial charge is 0.489 e. The molecule has 0 saturated heterocycles. The molecule has 136 valence electrons. The average Bonchev–Trinajstić information content (AvgIpc) is 2.51. The summed E-state index contributed by atoms with van der Waals surface area (Å²) in [6.07, 6.45) is 0.648. The Hall–Kier alpha value is -1.79. The lowest BCUT2D eigenvalue weighted by Gasteiger charge is -2.23. The Labute approximate surface area is 144 Å². The Morgan fingerprint density at radius 1 is 1.29 bits per heavy atom. The van der Waals surface area contributed by atoms with Crippen molar-refractivity contribution in [2.75, 3.05) is 25.1 Å². The molecule has 6 nitrogen and oxygen atoms in total. The average molecular weight is 338 g/mol. The van der Waals surface area contributed by atoms with Gasteiger partial charge in [-0.1, -0.05) is 25.5 Å². The van der Waals surface area contributed by atoms with Gasteiger partial charge in [0, 0.05) is 12.1 Å². The number of anilines is 1. The molecule has 0 aliphatic rings. The van der Waals surface area contributed by atoms with Gasteiger partial charge >= 0.3 is 6.09 Å². The molecule has 0 heterocycles. The zero-order chi connectivity index (χ0) is 18.0. The van der Waals surface area contributed by atoms with Gasteiger partial charge in [0.25, 0.3) is 0 Å². The van der Waals surface area contributed by atoms with Gasteiger partial charge in [-0.25, -0.2) is 4.79 Å². The number of hydrogen-bond acceptors (Lipinski definition) is 5. The van der Waals surface area contributed by atoms with E-state index < -0.39 is 12.2 Å². The minimum absolute atomic E-state index is 0.0668. The molecule has 1 aromatic rings. The summed E-state index contributed by atoms with van der Waals surface area (Å²) in [6.45, 7) is 9.08. The van der Waals surface area contributed by atoms with E-state index in [0.29, 0.717) is 24.6 Å². The van der Waals surface area contributed by atoms with E-state index in [2.05, 4.69) is 10.6 Å². The van der Waals surface area contributed by atoms with Crippen LogP contribution in [0.3, 0.4) is 0 Å². The highest BCUT2D eigenvalue weighted by Crippen LogP contribution is 2.24. The third-order valence-corrected chi connectivity index (χ3v) is 3.15. The van der Waals surface area contributed by atoms with E-state index in [1.54, 1.807) is 18.2 Å². The Bertz CT molecular complexity index is 500. The van der Waals surface area contributed by atoms with Crippen LogP contribution < -0.4 is 15.4 Å². The van der Waals surface area contributed by atoms with Gasteiger partial charge in [-0.3, -0.25) is 5.32 Å². The third-order valence-electron chi connectivity index (χ3n) is 3.15. The molecule has 1 rings (SSSR count). The number of hydrogen-bond donors (Lipinski definition) is 3. The summed E-state index contributed by atoms with van der Waals surface area (Å²) in [5.41, 5.74) is 0.456. The van der Waals surface area contributed by atoms with Crippen LogP contribution in [0.15, 0.2) is 24.3 Å². The lowest BCUT2D eigenvalue weighted by Crippen LogP contribution is -2.42. The van der Waals surface area contributed by atoms with E-state index in [1.807, 2.05) is 33.8 Å². The maximum absolute atomic E-state index is 11.7. The molecule has 0 fully saturated rings. The van der Waals surface area contributed by atoms with Crippen molar-refractivity contribution >= 4 is 11.8 Å². The van der Waals surface area contributed by atoms with Gasteiger partial charge in [-0.05, 0) is 39.3 Å². The first-order valence-corrected chi connectivity index (χ1v) is 8.40. The minimum atomic E-state index is -0.645. The lowest BCUT2D eigenvalue weighted by molar-refractivity contribution is 0.100. The maximum Gasteiger partial charge on any atom is 0.411 e. The second-order valence-corrected chi connectivity index (χ2v) is 6.71. The number of carbonyl (C=O) groups is 1. The van der Waals surface area contributed by atoms with Crippen molar-refractivity contribution in [1.29, 1.82) is 0 Å². The summed E-state index contributed by atoms with van der Waals surface area (Å²) in [5.74, 6) is 0.500. The predicted molar refractivity (Wildman–Crippen MR) is 95.6 cm³/mol. The van der Waals surface area contributed by atoms with Crippen LogP contribution in [-0.4, -0.2) is 42.6 Å². The quantitative estimate of drug-likeness (QED) is 0.603. The first-order valence-electron chi connectivity index (χ1n) is 8.40. The van der Waals surface area contributed by atoms with Crippen LogP contribution in [0, 0.1) is 0 Å². The molecule has 24 heavy (non-hydrogen) atoms. The molecule has 0 saturated carbocycles. The predicted octanol–water partition coefficient (Wildman–Crippen LogP) is 3.16. The minimum Gasteiger partial charge on any atom is -0.489 e. The topological polar surface area (TPSA) is 79.8 Å². The molecule has 3 N–H and O–H groups in total. The van der Waals surface area contributed by atoms with Crippen LogP contribution in [0.4, 0.5) is 10.5 Å². The molecule has 1 unspecified atom stereocenters. The number of ether oxygens (including phenoxy) is 2. The second-order valence-electron chi connectivity index (χ2n) is 6.71. The van der Waals surface area contributed by atoms with Crippen LogP contribution in [0.25, 0.3) is 0 Å². The fourth-order valence-corrected chi connectivity index (χ4v) is 1.82. The molecule has 0 bridgehead atoms. The molecule has 0 aliphatic heterocycles. The van der Waals surface area contributed by atoms with Gasteiger partial charge in [0.05, 0.1) is 12.3 Å². The van der Waals surface area contributed by atoms with Crippen molar-refractivity contribution in [3.63, 3.8) is 0 Å². The number of benzene rings is 1. The number of aliphatic hydroxyl groups is 1. The zero-order valence-electron chi connectivity index (χ0n) is 15.1. The number of rotatable bonds is 9. The molecule has 6 heteroatoms. The van der Waals surface area contributed by atoms with Crippen molar-refractivity contribution in [2.45, 2.75) is 52.2 Å². The van der Waals surface area contributed by atoms with Crippen LogP contribution in [0.1, 0.15) is 40.5 Å². The van der Waals surface area contributed by atoms with E-state index in [9.17, 15) is 9.90 Å². The molecule has 0 radical (unpaired) electrons. The van der Waals surface area contributed by atoms with Crippen LogP contribution in [-0.2, 0) is 4.74 Å². The van der Waals surface area contributed by atoms with Crippen molar-refractivity contribution in [3.05, 3.63) is 24.3 Å². The summed E-state index contributed by atoms with van der Waals surface area (Å²) in [7, 11) is 0. The van der Waals surface area contributed by atoms with Crippen molar-refractivity contribution < 1.29 is 19.4 Å². The molecule has 1 amide bonds. The van der Waals surface area contributed by atoms with Gasteiger partial charge < -0.3 is 19.9 Å². The number of unbranched alkanes of at least 4 members (excludes halogenated alkanes) is 1. The number of β-amino-alcohol motifs (C(OH)–C–C–N with tert-alkyl or cyclic N) is 1. The molecule has 1 atom stereocenters. The van der Waals surface area contributed by atoms with E-state index in [0.717, 1.165) is 12.8 Å². The SMILES string of the molecule is CCCCOC(=O)Nc1ccccc1OCC(O)CNC(C)(C)C. The smallest absolute Gasteiger partial charge is 0.411 e. The molecule has 0 spiro atoms. The van der Waals surface area contributed by atoms with E-state index in [1.165, 1.54) is 0 Å². The van der Waals surface area contributed by atoms with Crippen LogP contribution in [0.5, 0.6) is 5.75 Å². The number of para-hydroxylation sites is 2. The number of nitrogens with one attached hydrogen (secondary N) is 2. The lowest BCUT2D eigenvalue weighted by atomic mass is 10.1. The number of carbonyl (C=O) groups excluding carboxylic acids is 1. The summed E-state index contributed by atoms with van der Waals surface area (Å²) in [4.78, 5) is 11.7. The first-order chi connectivity index (χ1) is 11.3. The molecule has 1 aromatic carbocycles. The highest BCUT2D eigenvalue weighted by atomic mass is 16.5. The zero-order valence-corrected chi connectivity index (χ0v) is 15.1. The molecular formula is C18H30N2O4. The Balaban J connectivity index is 2.49. The number of aliphatic hydroxyl groups excluding tert-OH is 1. The highest BCUT2D eigenvalue weighted by Gasteiger charge is 2.14. The monoisotopic (exact) mass is 338 g/mol. The van der Waals surface area contributed by atoms with Gasteiger partial charge in [-0.15, -0.1) is 0 Å². The van der Waals surface area contributed by atoms with Crippen molar-refractivity contribution in [2.24, 2.45) is 0 Å². The van der Waals surface area contributed by atoms with Gasteiger partial charge in [0.15, 0.2) is 0 Å². The Kier molecular flexibility index (Phi) is 8.57. The van der Waals surface area contributed by atoms with Crippen LogP contribution >= 0.6 is 0 Å². The fourth-order valence-electron chi connectivity index (χ4n) is 1.82. The van der Waals surface area contributed by atoms with Gasteiger partial charge in [-0.2, -0.15) is 0 Å². The van der Waals surface area contributed by atoms with Crippen LogP contribution in [0.2, 0.25) is 0 Å². The van der Waals surface area contributed by atoms with Crippen molar-refractivity contribution in [3.8, 4) is 5.75 Å². The molecule has 0 aromatic heterocycles. The first kappa shape index (κ1) is 20.3. The maximum atomic E-state index is 11.7. The Morgan fingerprint density at radius 2 is 2.00 bits per heavy atom. The summed E-state index contributed by atoms with van der Waals surface area (Å²) in [6, 6.07) is 7.08. The van der Waals surface area contributed by atoms with E-state index in [-0.39, 0.29) is 12.1 Å². The normalized spacial score (nSPS) is 12.5. The molecular weight excluding hydrogens is 308 g/mol. The van der Waals surface area contributed by atoms with Gasteiger partial charge in [0.2, 0.25) is 0 Å². The Morgan fingerprint density at radius 3 is 2.67 bits per heavy atom. The molecule has 0 aliphatic carbocycles. The second kappa shape index (κ2) is 10.2. The summed E-state index contributed by atoms with van der Waals surface area (Å²) < 4.78 is 10.7. The summed E-state index contributed by atoms with van der Waals surface area (Å²) in [5, 5.41) is 15.9. The highest BCUT2D eigenvalue weighted by molar-refractivity contribution is 5.86. The standard InChI is InChI=1S/C18H30N2O4/c1-5-6-11-23-17(22)20-15-9-7-8-10-16(15)24-13-14(21)12-19-18(2,3)4/h7-10,14,19,21H,5-6,11-13H2,1-4H3,(H,20,22). The van der Waals surface area contributed by atoms with E-state index >= 15 is 0 Å². The van der Waals surface area contributed by atoms with Gasteiger partial charge in [0.1, 0.15) is 18.5 Å². The third kappa shape index (κ3) is 8.74. The van der Waals surface area contributed by atoms with Crippen molar-refractivity contribution in [1.82, 2.24) is 5.32 Å². The number of amides is 1. The fraction of sp³-hybridized carbons (Fsp3) is 0.611. The summed E-state index contributed by atoms with van der Waals surface area (Å²) >= 11 is 0. The van der Waals surface area contributed by atoms with E-state index in [4.69, 9.17) is 9.47 Å².